The Kier molecular flexibility index (Phi) is 25.7. The smallest absolute Gasteiger partial charge is 0.412 e. The van der Waals surface area contributed by atoms with Gasteiger partial charge < -0.3 is 69.7 Å². The number of carbonyl (C=O) groups excluding carboxylic acids is 8. The molecule has 3 aliphatic heterocycles. The van der Waals surface area contributed by atoms with Crippen molar-refractivity contribution in [2.24, 2.45) is 17.6 Å². The average Bonchev–Trinajstić information content (AvgIpc) is 1.88. The number of fused-ring (bicyclic) bond motifs is 5. The first-order valence-corrected chi connectivity index (χ1v) is 30.8. The highest BCUT2D eigenvalue weighted by atomic mass is 79.9. The first kappa shape index (κ1) is 70.4. The standard InChI is InChI=1S/C58H80Br2Cl2N8O15/c1-32(2)48(65-37(28-71)15-12-20-55(5,6)85-57(29-59,30-60)31-72)51(75)67-40(16-13-21-64-52(63)76)50(74)66-36-18-19-39(38(61)25-36)68-53(77)83-45-26-46(73)70(8)41-23-35(24-42(80-9)47(41)62)22-33(3)14-11-17-44(81-10)58(79)27-43(82-54(78)69-58)34(4)49-56(45,7)84-49/h11,14,17-19,23-25,28,31-32,34,37,40,43-45,48-49,65,79H,12-13,15-16,20-22,26-27,29-30H2,1-10H3,(H,66,74)(H,67,75)(H,68,77)(H,69,78)(H3,63,64,76)/b17-11+,33-14+/t34-,37?,40+,43+,44-,45+,48+,49+,56+,58+/m1/s1. The lowest BCUT2D eigenvalue weighted by atomic mass is 9.83. The summed E-state index contributed by atoms with van der Waals surface area (Å²) >= 11 is 20.3. The zero-order chi connectivity index (χ0) is 63.2. The van der Waals surface area contributed by atoms with Crippen molar-refractivity contribution in [2.75, 3.05) is 54.0 Å². The van der Waals surface area contributed by atoms with Crippen LogP contribution in [0.25, 0.3) is 0 Å². The molecule has 1 unspecified atom stereocenters. The number of benzene rings is 2. The molecule has 9 N–H and O–H groups in total. The van der Waals surface area contributed by atoms with Crippen molar-refractivity contribution < 1.29 is 71.9 Å². The first-order valence-electron chi connectivity index (χ1n) is 27.8. The number of nitrogens with zero attached hydrogens (tertiary/aromatic N) is 1. The predicted molar refractivity (Wildman–Crippen MR) is 329 cm³/mol. The van der Waals surface area contributed by atoms with E-state index in [-0.39, 0.29) is 63.8 Å². The number of hydrogen-bond donors (Lipinski definition) is 8. The molecule has 5 rings (SSSR count). The second-order valence-corrected chi connectivity index (χ2v) is 24.7. The largest absolute Gasteiger partial charge is 0.495 e. The number of nitrogens with one attached hydrogen (secondary N) is 6. The van der Waals surface area contributed by atoms with Gasteiger partial charge in [0.1, 0.15) is 52.6 Å². The van der Waals surface area contributed by atoms with E-state index in [1.165, 1.54) is 44.4 Å². The number of ether oxygens (including phenoxy) is 6. The van der Waals surface area contributed by atoms with Crippen LogP contribution < -0.4 is 47.3 Å². The van der Waals surface area contributed by atoms with Crippen molar-refractivity contribution in [1.29, 1.82) is 0 Å². The molecule has 27 heteroatoms. The van der Waals surface area contributed by atoms with Crippen molar-refractivity contribution in [1.82, 2.24) is 21.3 Å². The van der Waals surface area contributed by atoms with Gasteiger partial charge in [0, 0.05) is 49.4 Å². The number of carbonyl (C=O) groups is 8. The molecule has 0 aromatic heterocycles. The molecule has 470 valence electrons. The van der Waals surface area contributed by atoms with Gasteiger partial charge in [-0.25, -0.2) is 14.4 Å². The fourth-order valence-corrected chi connectivity index (χ4v) is 12.3. The van der Waals surface area contributed by atoms with Crippen LogP contribution in [0.2, 0.25) is 10.0 Å². The van der Waals surface area contributed by atoms with Gasteiger partial charge in [-0.2, -0.15) is 0 Å². The Morgan fingerprint density at radius 1 is 1.04 bits per heavy atom. The van der Waals surface area contributed by atoms with Crippen molar-refractivity contribution in [3.63, 3.8) is 0 Å². The number of nitrogens with two attached hydrogens (primary N) is 1. The summed E-state index contributed by atoms with van der Waals surface area (Å²) in [5.41, 5.74) is 2.34. The quantitative estimate of drug-likeness (QED) is 0.0204. The maximum atomic E-state index is 14.4. The van der Waals surface area contributed by atoms with Gasteiger partial charge in [-0.3, -0.25) is 30.3 Å². The summed E-state index contributed by atoms with van der Waals surface area (Å²) in [5.74, 6) is -2.43. The lowest BCUT2D eigenvalue weighted by Crippen LogP contribution is -2.63. The summed E-state index contributed by atoms with van der Waals surface area (Å²) in [5, 5.41) is 28.9. The second kappa shape index (κ2) is 31.0. The third-order valence-corrected chi connectivity index (χ3v) is 17.8. The molecule has 10 atom stereocenters. The van der Waals surface area contributed by atoms with E-state index in [4.69, 9.17) is 57.4 Å². The maximum absolute atomic E-state index is 14.4. The molecule has 0 saturated carbocycles. The van der Waals surface area contributed by atoms with Crippen LogP contribution in [-0.2, 0) is 54.1 Å². The van der Waals surface area contributed by atoms with Crippen LogP contribution in [0.1, 0.15) is 99.0 Å². The number of alkyl halides is 2. The number of anilines is 3. The fourth-order valence-electron chi connectivity index (χ4n) is 10.4. The van der Waals surface area contributed by atoms with Gasteiger partial charge in [-0.15, -0.1) is 0 Å². The number of urea groups is 1. The number of rotatable bonds is 25. The number of amides is 7. The van der Waals surface area contributed by atoms with Gasteiger partial charge in [0.05, 0.1) is 53.7 Å². The predicted octanol–water partition coefficient (Wildman–Crippen LogP) is 7.77. The van der Waals surface area contributed by atoms with Crippen LogP contribution >= 0.6 is 55.1 Å². The number of hydrogen-bond acceptors (Lipinski definition) is 16. The third kappa shape index (κ3) is 19.1. The Morgan fingerprint density at radius 2 is 1.74 bits per heavy atom. The van der Waals surface area contributed by atoms with Crippen LogP contribution in [0.3, 0.4) is 0 Å². The van der Waals surface area contributed by atoms with Crippen molar-refractivity contribution in [3.05, 3.63) is 69.7 Å². The first-order chi connectivity index (χ1) is 40.0. The molecule has 3 aliphatic rings. The van der Waals surface area contributed by atoms with Crippen LogP contribution in [0, 0.1) is 11.8 Å². The number of primary amides is 1. The number of aliphatic hydroxyl groups is 1. The van der Waals surface area contributed by atoms with E-state index < -0.39 is 113 Å². The molecule has 2 saturated heterocycles. The zero-order valence-corrected chi connectivity index (χ0v) is 54.1. The van der Waals surface area contributed by atoms with Gasteiger partial charge in [-0.05, 0) is 108 Å². The van der Waals surface area contributed by atoms with Crippen LogP contribution in [0.15, 0.2) is 54.1 Å². The van der Waals surface area contributed by atoms with E-state index in [1.807, 2.05) is 26.8 Å². The van der Waals surface area contributed by atoms with Gasteiger partial charge >= 0.3 is 18.2 Å². The number of epoxide rings is 1. The van der Waals surface area contributed by atoms with E-state index >= 15 is 0 Å². The SMILES string of the molecule is COc1cc2cc(c1Cl)N(C)C(=O)C[C@H](OC(=O)Nc1ccc(NC(=O)[C@H](CCCNC(N)=O)NC(=O)[C@@H](NC(C=O)CCCC(C)(C)OC(C=O)(CBr)CBr)C(C)C)cc1Cl)[C@]1(C)O[C@H]1[C@H](C)[C@@H]1C[C@@](O)(NC(=O)O1)[C@H](OC)/C=C/C=C(\C)C2. The van der Waals surface area contributed by atoms with E-state index in [0.717, 1.165) is 17.4 Å². The molecular weight excluding hydrogens is 1280 g/mol. The molecule has 23 nitrogen and oxygen atoms in total. The van der Waals surface area contributed by atoms with E-state index in [2.05, 4.69) is 63.8 Å². The molecule has 0 aliphatic carbocycles. The van der Waals surface area contributed by atoms with Gasteiger partial charge in [-0.1, -0.05) is 99.6 Å². The summed E-state index contributed by atoms with van der Waals surface area (Å²) in [7, 11) is 4.38. The minimum absolute atomic E-state index is 0.0414. The fraction of sp³-hybridized carbons (Fsp3) is 0.586. The highest BCUT2D eigenvalue weighted by molar-refractivity contribution is 9.10. The van der Waals surface area contributed by atoms with Gasteiger partial charge in [0.15, 0.2) is 12.0 Å². The molecular formula is C58H80Br2Cl2N8O15. The number of alkyl carbamates (subject to hydrolysis) is 1. The van der Waals surface area contributed by atoms with Gasteiger partial charge in [0.2, 0.25) is 17.7 Å². The third-order valence-electron chi connectivity index (χ3n) is 15.2. The Labute approximate surface area is 522 Å². The molecule has 7 amide bonds. The Hall–Kier alpha value is -5.38. The number of allylic oxidation sites excluding steroid dienone is 3. The highest BCUT2D eigenvalue weighted by Gasteiger charge is 2.64. The summed E-state index contributed by atoms with van der Waals surface area (Å²) in [6, 6.07) is 4.07. The molecule has 4 bridgehead atoms. The summed E-state index contributed by atoms with van der Waals surface area (Å²) in [4.78, 5) is 107. The van der Waals surface area contributed by atoms with E-state index in [9.17, 15) is 43.5 Å². The van der Waals surface area contributed by atoms with Crippen LogP contribution in [0.5, 0.6) is 5.75 Å². The average molecular weight is 1360 g/mol. The lowest BCUT2D eigenvalue weighted by Gasteiger charge is -2.42. The Morgan fingerprint density at radius 3 is 2.35 bits per heavy atom. The monoisotopic (exact) mass is 1360 g/mol. The molecule has 2 fully saturated rings. The molecule has 85 heavy (non-hydrogen) atoms. The topological polar surface area (TPSA) is 317 Å². The van der Waals surface area contributed by atoms with Crippen LogP contribution in [0.4, 0.5) is 31.4 Å². The number of halogens is 4. The second-order valence-electron chi connectivity index (χ2n) is 22.8. The Balaban J connectivity index is 1.35. The Bertz CT molecular complexity index is 2810. The van der Waals surface area contributed by atoms with E-state index in [1.54, 1.807) is 52.0 Å². The lowest BCUT2D eigenvalue weighted by molar-refractivity contribution is -0.146. The maximum Gasteiger partial charge on any atom is 0.412 e. The summed E-state index contributed by atoms with van der Waals surface area (Å²) < 4.78 is 35.6. The minimum atomic E-state index is -1.91. The van der Waals surface area contributed by atoms with Gasteiger partial charge in [0.25, 0.3) is 0 Å². The molecule has 0 radical (unpaired) electrons. The van der Waals surface area contributed by atoms with Crippen molar-refractivity contribution in [3.8, 4) is 5.75 Å². The molecule has 3 heterocycles. The van der Waals surface area contributed by atoms with Crippen molar-refractivity contribution in [2.45, 2.75) is 165 Å². The van der Waals surface area contributed by atoms with Crippen molar-refractivity contribution >= 4 is 121 Å². The molecule has 2 aromatic rings. The zero-order valence-electron chi connectivity index (χ0n) is 49.4. The minimum Gasteiger partial charge on any atom is -0.495 e. The van der Waals surface area contributed by atoms with Crippen LogP contribution in [-0.4, -0.2) is 157 Å². The molecule has 2 aromatic carbocycles. The number of methoxy groups -OCH3 is 2. The highest BCUT2D eigenvalue weighted by Crippen LogP contribution is 2.49. The number of aldehydes is 2. The summed E-state index contributed by atoms with van der Waals surface area (Å²) in [6.45, 7) is 12.7. The molecule has 0 spiro atoms. The van der Waals surface area contributed by atoms with E-state index in [0.29, 0.717) is 43.4 Å². The summed E-state index contributed by atoms with van der Waals surface area (Å²) in [6.07, 6.45) is 2.06. The normalized spacial score (nSPS) is 24.8.